The molecule has 3 nitrogen and oxygen atoms in total. The molecule has 0 heterocycles. The van der Waals surface area contributed by atoms with Crippen LogP contribution < -0.4 is 5.73 Å². The van der Waals surface area contributed by atoms with Gasteiger partial charge >= 0.3 is 5.97 Å². The molecule has 1 aliphatic rings. The Morgan fingerprint density at radius 3 is 3.00 bits per heavy atom. The summed E-state index contributed by atoms with van der Waals surface area (Å²) < 4.78 is 4.79. The van der Waals surface area contributed by atoms with Crippen LogP contribution >= 0.6 is 0 Å². The minimum atomic E-state index is -0.752. The van der Waals surface area contributed by atoms with Gasteiger partial charge in [0.1, 0.15) is 5.54 Å². The molecule has 0 aromatic heterocycles. The van der Waals surface area contributed by atoms with Gasteiger partial charge in [-0.15, -0.1) is 6.58 Å². The largest absolute Gasteiger partial charge is 0.465 e. The predicted octanol–water partition coefficient (Wildman–Crippen LogP) is 0.453. The SMILES string of the molecule is C=CC1C[C@]1(N)C(=O)OCC. The van der Waals surface area contributed by atoms with Crippen LogP contribution in [0.4, 0.5) is 0 Å². The first kappa shape index (κ1) is 8.27. The molecule has 0 aromatic rings. The Kier molecular flexibility index (Phi) is 2.00. The van der Waals surface area contributed by atoms with Gasteiger partial charge < -0.3 is 10.5 Å². The minimum Gasteiger partial charge on any atom is -0.465 e. The Bertz CT molecular complexity index is 191. The van der Waals surface area contributed by atoms with Gasteiger partial charge in [0.05, 0.1) is 6.61 Å². The van der Waals surface area contributed by atoms with E-state index in [0.29, 0.717) is 13.0 Å². The van der Waals surface area contributed by atoms with E-state index < -0.39 is 5.54 Å². The molecular formula is C8H13NO2. The van der Waals surface area contributed by atoms with Gasteiger partial charge in [0.15, 0.2) is 0 Å². The van der Waals surface area contributed by atoms with Crippen molar-refractivity contribution in [3.8, 4) is 0 Å². The third kappa shape index (κ3) is 1.28. The lowest BCUT2D eigenvalue weighted by Crippen LogP contribution is -2.36. The Hall–Kier alpha value is -0.830. The molecule has 0 amide bonds. The van der Waals surface area contributed by atoms with Crippen LogP contribution in [0.5, 0.6) is 0 Å². The second kappa shape index (κ2) is 2.66. The van der Waals surface area contributed by atoms with E-state index in [1.807, 2.05) is 0 Å². The second-order valence-electron chi connectivity index (χ2n) is 2.81. The fourth-order valence-corrected chi connectivity index (χ4v) is 1.10. The smallest absolute Gasteiger partial charge is 0.326 e. The van der Waals surface area contributed by atoms with Gasteiger partial charge in [-0.25, -0.2) is 0 Å². The quantitative estimate of drug-likeness (QED) is 0.475. The third-order valence-electron chi connectivity index (χ3n) is 2.00. The zero-order valence-electron chi connectivity index (χ0n) is 6.67. The summed E-state index contributed by atoms with van der Waals surface area (Å²) in [6.45, 7) is 5.73. The van der Waals surface area contributed by atoms with Crippen molar-refractivity contribution in [1.82, 2.24) is 0 Å². The molecule has 2 atom stereocenters. The number of carbonyl (C=O) groups excluding carboxylic acids is 1. The van der Waals surface area contributed by atoms with Gasteiger partial charge in [-0.2, -0.15) is 0 Å². The van der Waals surface area contributed by atoms with Gasteiger partial charge in [0, 0.05) is 5.92 Å². The second-order valence-corrected chi connectivity index (χ2v) is 2.81. The van der Waals surface area contributed by atoms with E-state index in [1.165, 1.54) is 0 Å². The molecule has 0 saturated heterocycles. The minimum absolute atomic E-state index is 0.113. The zero-order chi connectivity index (χ0) is 8.48. The van der Waals surface area contributed by atoms with Crippen molar-refractivity contribution < 1.29 is 9.53 Å². The number of nitrogens with two attached hydrogens (primary N) is 1. The van der Waals surface area contributed by atoms with Crippen LogP contribution in [0.3, 0.4) is 0 Å². The summed E-state index contributed by atoms with van der Waals surface area (Å²) >= 11 is 0. The van der Waals surface area contributed by atoms with Crippen molar-refractivity contribution in [2.24, 2.45) is 11.7 Å². The van der Waals surface area contributed by atoms with Crippen LogP contribution in [0.2, 0.25) is 0 Å². The summed E-state index contributed by atoms with van der Waals surface area (Å²) in [6.07, 6.45) is 2.38. The van der Waals surface area contributed by atoms with E-state index in [2.05, 4.69) is 6.58 Å². The Morgan fingerprint density at radius 1 is 2.00 bits per heavy atom. The van der Waals surface area contributed by atoms with Gasteiger partial charge in [0.2, 0.25) is 0 Å². The molecule has 62 valence electrons. The molecule has 0 spiro atoms. The molecule has 0 radical (unpaired) electrons. The fraction of sp³-hybridized carbons (Fsp3) is 0.625. The number of rotatable bonds is 3. The summed E-state index contributed by atoms with van der Waals surface area (Å²) in [4.78, 5) is 11.1. The number of ether oxygens (including phenoxy) is 1. The van der Waals surface area contributed by atoms with E-state index >= 15 is 0 Å². The van der Waals surface area contributed by atoms with Crippen molar-refractivity contribution in [1.29, 1.82) is 0 Å². The van der Waals surface area contributed by atoms with Crippen LogP contribution in [0, 0.1) is 5.92 Å². The highest BCUT2D eigenvalue weighted by Crippen LogP contribution is 2.42. The Balaban J connectivity index is 2.49. The molecule has 0 aliphatic heterocycles. The van der Waals surface area contributed by atoms with E-state index in [-0.39, 0.29) is 11.9 Å². The average molecular weight is 155 g/mol. The van der Waals surface area contributed by atoms with Crippen molar-refractivity contribution in [2.75, 3.05) is 6.61 Å². The molecular weight excluding hydrogens is 142 g/mol. The van der Waals surface area contributed by atoms with Crippen LogP contribution in [-0.4, -0.2) is 18.1 Å². The number of carbonyl (C=O) groups is 1. The number of hydrogen-bond acceptors (Lipinski definition) is 3. The first-order valence-corrected chi connectivity index (χ1v) is 3.73. The average Bonchev–Trinajstić information content (AvgIpc) is 2.64. The van der Waals surface area contributed by atoms with Crippen molar-refractivity contribution in [3.63, 3.8) is 0 Å². The fourth-order valence-electron chi connectivity index (χ4n) is 1.10. The highest BCUT2D eigenvalue weighted by molar-refractivity contribution is 5.85. The van der Waals surface area contributed by atoms with Gasteiger partial charge in [0.25, 0.3) is 0 Å². The predicted molar refractivity (Wildman–Crippen MR) is 41.9 cm³/mol. The normalized spacial score (nSPS) is 34.5. The molecule has 1 fully saturated rings. The standard InChI is InChI=1S/C8H13NO2/c1-3-6-5-8(6,9)7(10)11-4-2/h3,6H,1,4-5,9H2,2H3/t6?,8-/m1/s1. The highest BCUT2D eigenvalue weighted by Gasteiger charge is 2.56. The van der Waals surface area contributed by atoms with Crippen LogP contribution in [0.15, 0.2) is 12.7 Å². The number of hydrogen-bond donors (Lipinski definition) is 1. The maximum atomic E-state index is 11.1. The molecule has 1 unspecified atom stereocenters. The first-order chi connectivity index (χ1) is 5.15. The Labute approximate surface area is 66.2 Å². The summed E-state index contributed by atoms with van der Waals surface area (Å²) in [5.74, 6) is -0.188. The molecule has 2 N–H and O–H groups in total. The van der Waals surface area contributed by atoms with Gasteiger partial charge in [-0.05, 0) is 13.3 Å². The van der Waals surface area contributed by atoms with Crippen LogP contribution in [-0.2, 0) is 9.53 Å². The summed E-state index contributed by atoms with van der Waals surface area (Å²) in [6, 6.07) is 0. The lowest BCUT2D eigenvalue weighted by atomic mass is 10.2. The molecule has 0 aromatic carbocycles. The van der Waals surface area contributed by atoms with E-state index in [1.54, 1.807) is 13.0 Å². The highest BCUT2D eigenvalue weighted by atomic mass is 16.5. The van der Waals surface area contributed by atoms with Crippen LogP contribution in [0.25, 0.3) is 0 Å². The maximum Gasteiger partial charge on any atom is 0.326 e. The molecule has 1 aliphatic carbocycles. The molecule has 3 heteroatoms. The maximum absolute atomic E-state index is 11.1. The monoisotopic (exact) mass is 155 g/mol. The summed E-state index contributed by atoms with van der Waals surface area (Å²) in [7, 11) is 0. The number of esters is 1. The molecule has 0 bridgehead atoms. The molecule has 1 saturated carbocycles. The molecule has 11 heavy (non-hydrogen) atoms. The van der Waals surface area contributed by atoms with Crippen LogP contribution in [0.1, 0.15) is 13.3 Å². The van der Waals surface area contributed by atoms with E-state index in [0.717, 1.165) is 0 Å². The third-order valence-corrected chi connectivity index (χ3v) is 2.00. The first-order valence-electron chi connectivity index (χ1n) is 3.73. The summed E-state index contributed by atoms with van der Waals surface area (Å²) in [5, 5.41) is 0. The van der Waals surface area contributed by atoms with Gasteiger partial charge in [-0.1, -0.05) is 6.08 Å². The zero-order valence-corrected chi connectivity index (χ0v) is 6.67. The van der Waals surface area contributed by atoms with Crippen molar-refractivity contribution in [2.45, 2.75) is 18.9 Å². The summed E-state index contributed by atoms with van der Waals surface area (Å²) in [5.41, 5.74) is 4.93. The Morgan fingerprint density at radius 2 is 2.64 bits per heavy atom. The van der Waals surface area contributed by atoms with Crippen molar-refractivity contribution >= 4 is 5.97 Å². The lowest BCUT2D eigenvalue weighted by Gasteiger charge is -2.07. The lowest BCUT2D eigenvalue weighted by molar-refractivity contribution is -0.146. The van der Waals surface area contributed by atoms with E-state index in [4.69, 9.17) is 10.5 Å². The topological polar surface area (TPSA) is 52.3 Å². The molecule has 1 rings (SSSR count). The van der Waals surface area contributed by atoms with Gasteiger partial charge in [-0.3, -0.25) is 4.79 Å². The van der Waals surface area contributed by atoms with Crippen molar-refractivity contribution in [3.05, 3.63) is 12.7 Å². The van der Waals surface area contributed by atoms with E-state index in [9.17, 15) is 4.79 Å².